The van der Waals surface area contributed by atoms with Gasteiger partial charge in [0.15, 0.2) is 0 Å². The first-order chi connectivity index (χ1) is 10.2. The third kappa shape index (κ3) is 4.93. The van der Waals surface area contributed by atoms with E-state index in [9.17, 15) is 9.18 Å². The van der Waals surface area contributed by atoms with Crippen LogP contribution in [0.5, 0.6) is 0 Å². The second-order valence-corrected chi connectivity index (χ2v) is 5.36. The Morgan fingerprint density at radius 2 is 2.00 bits per heavy atom. The predicted molar refractivity (Wildman–Crippen MR) is 81.7 cm³/mol. The molecule has 0 aliphatic carbocycles. The Hall–Kier alpha value is -1.75. The molecule has 1 amide bonds. The highest BCUT2D eigenvalue weighted by molar-refractivity contribution is 5.99. The van der Waals surface area contributed by atoms with Crippen LogP contribution in [0.3, 0.4) is 0 Å². The summed E-state index contributed by atoms with van der Waals surface area (Å²) in [6.45, 7) is 4.60. The van der Waals surface area contributed by atoms with Gasteiger partial charge in [-0.3, -0.25) is 4.79 Å². The fourth-order valence-corrected chi connectivity index (χ4v) is 2.46. The van der Waals surface area contributed by atoms with E-state index in [0.717, 1.165) is 19.6 Å². The average molecular weight is 291 g/mol. The zero-order chi connectivity index (χ0) is 15.1. The zero-order valence-corrected chi connectivity index (χ0v) is 12.4. The maximum Gasteiger partial charge on any atom is 0.241 e. The van der Waals surface area contributed by atoms with Gasteiger partial charge in [0.05, 0.1) is 5.71 Å². The van der Waals surface area contributed by atoms with E-state index in [0.29, 0.717) is 17.7 Å². The van der Waals surface area contributed by atoms with Crippen LogP contribution >= 0.6 is 0 Å². The summed E-state index contributed by atoms with van der Waals surface area (Å²) in [6, 6.07) is 6.40. The Balaban J connectivity index is 1.79. The van der Waals surface area contributed by atoms with Crippen molar-refractivity contribution in [2.75, 3.05) is 19.6 Å². The third-order valence-electron chi connectivity index (χ3n) is 3.72. The molecule has 0 aromatic heterocycles. The van der Waals surface area contributed by atoms with Gasteiger partial charge in [-0.1, -0.05) is 24.6 Å². The quantitative estimate of drug-likeness (QED) is 0.669. The van der Waals surface area contributed by atoms with Crippen molar-refractivity contribution in [2.24, 2.45) is 5.10 Å². The first-order valence-corrected chi connectivity index (χ1v) is 7.47. The minimum atomic E-state index is -0.332. The minimum absolute atomic E-state index is 0.128. The van der Waals surface area contributed by atoms with Gasteiger partial charge in [-0.05, 0) is 38.9 Å². The molecule has 0 bridgehead atoms. The highest BCUT2D eigenvalue weighted by Gasteiger charge is 2.11. The fourth-order valence-electron chi connectivity index (χ4n) is 2.46. The molecule has 1 aliphatic rings. The number of nitrogens with zero attached hydrogens (tertiary/aromatic N) is 2. The van der Waals surface area contributed by atoms with Crippen LogP contribution in [0, 0.1) is 5.82 Å². The van der Waals surface area contributed by atoms with E-state index >= 15 is 0 Å². The van der Waals surface area contributed by atoms with Gasteiger partial charge in [0.2, 0.25) is 5.91 Å². The molecule has 1 fully saturated rings. The SMILES string of the molecule is C/C(=N\NC(=O)CCN1CCCCC1)c1ccccc1F. The van der Waals surface area contributed by atoms with E-state index in [4.69, 9.17) is 0 Å². The summed E-state index contributed by atoms with van der Waals surface area (Å²) >= 11 is 0. The number of rotatable bonds is 5. The topological polar surface area (TPSA) is 44.7 Å². The molecular formula is C16H22FN3O. The van der Waals surface area contributed by atoms with Crippen molar-refractivity contribution in [1.29, 1.82) is 0 Å². The molecule has 1 N–H and O–H groups in total. The molecule has 1 aliphatic heterocycles. The predicted octanol–water partition coefficient (Wildman–Crippen LogP) is 2.54. The molecule has 1 heterocycles. The number of carbonyl (C=O) groups is 1. The van der Waals surface area contributed by atoms with Crippen LogP contribution in [-0.2, 0) is 4.79 Å². The monoisotopic (exact) mass is 291 g/mol. The van der Waals surface area contributed by atoms with Gasteiger partial charge in [0.25, 0.3) is 0 Å². The van der Waals surface area contributed by atoms with Crippen LogP contribution in [-0.4, -0.2) is 36.2 Å². The Bertz CT molecular complexity index is 510. The average Bonchev–Trinajstić information content (AvgIpc) is 2.52. The van der Waals surface area contributed by atoms with E-state index < -0.39 is 0 Å². The standard InChI is InChI=1S/C16H22FN3O/c1-13(14-7-3-4-8-15(14)17)18-19-16(21)9-12-20-10-5-2-6-11-20/h3-4,7-8H,2,5-6,9-12H2,1H3,(H,19,21)/b18-13+. The molecule has 0 spiro atoms. The molecule has 5 heteroatoms. The Kier molecular flexibility index (Phi) is 5.87. The lowest BCUT2D eigenvalue weighted by atomic mass is 10.1. The van der Waals surface area contributed by atoms with Gasteiger partial charge in [0.1, 0.15) is 5.82 Å². The van der Waals surface area contributed by atoms with Gasteiger partial charge in [-0.15, -0.1) is 0 Å². The van der Waals surface area contributed by atoms with Crippen molar-refractivity contribution in [1.82, 2.24) is 10.3 Å². The lowest BCUT2D eigenvalue weighted by molar-refractivity contribution is -0.121. The second-order valence-electron chi connectivity index (χ2n) is 5.36. The number of halogens is 1. The molecular weight excluding hydrogens is 269 g/mol. The highest BCUT2D eigenvalue weighted by Crippen LogP contribution is 2.09. The van der Waals surface area contributed by atoms with Crippen LogP contribution in [0.1, 0.15) is 38.2 Å². The Morgan fingerprint density at radius 3 is 2.71 bits per heavy atom. The van der Waals surface area contributed by atoms with Gasteiger partial charge < -0.3 is 4.90 Å². The molecule has 0 saturated carbocycles. The Labute approximate surface area is 125 Å². The summed E-state index contributed by atoms with van der Waals surface area (Å²) in [7, 11) is 0. The van der Waals surface area contributed by atoms with Crippen molar-refractivity contribution in [3.8, 4) is 0 Å². The maximum atomic E-state index is 13.6. The number of amides is 1. The van der Waals surface area contributed by atoms with Crippen molar-refractivity contribution >= 4 is 11.6 Å². The van der Waals surface area contributed by atoms with E-state index in [-0.39, 0.29) is 11.7 Å². The molecule has 1 aromatic rings. The lowest BCUT2D eigenvalue weighted by Crippen LogP contribution is -2.33. The first-order valence-electron chi connectivity index (χ1n) is 7.47. The summed E-state index contributed by atoms with van der Waals surface area (Å²) in [6.07, 6.45) is 4.14. The molecule has 4 nitrogen and oxygen atoms in total. The van der Waals surface area contributed by atoms with Crippen LogP contribution in [0.15, 0.2) is 29.4 Å². The fraction of sp³-hybridized carbons (Fsp3) is 0.500. The minimum Gasteiger partial charge on any atom is -0.303 e. The number of hydrogen-bond donors (Lipinski definition) is 1. The molecule has 2 rings (SSSR count). The summed E-state index contributed by atoms with van der Waals surface area (Å²) in [5.74, 6) is -0.461. The summed E-state index contributed by atoms with van der Waals surface area (Å²) < 4.78 is 13.6. The number of hydrogen-bond acceptors (Lipinski definition) is 3. The van der Waals surface area contributed by atoms with Crippen molar-refractivity contribution in [3.63, 3.8) is 0 Å². The Morgan fingerprint density at radius 1 is 1.29 bits per heavy atom. The van der Waals surface area contributed by atoms with Gasteiger partial charge in [-0.2, -0.15) is 5.10 Å². The molecule has 0 radical (unpaired) electrons. The zero-order valence-electron chi connectivity index (χ0n) is 12.4. The lowest BCUT2D eigenvalue weighted by Gasteiger charge is -2.25. The molecule has 114 valence electrons. The van der Waals surface area contributed by atoms with Crippen molar-refractivity contribution < 1.29 is 9.18 Å². The first kappa shape index (κ1) is 15.6. The smallest absolute Gasteiger partial charge is 0.241 e. The van der Waals surface area contributed by atoms with E-state index in [2.05, 4.69) is 15.4 Å². The van der Waals surface area contributed by atoms with Crippen LogP contribution in [0.4, 0.5) is 4.39 Å². The van der Waals surface area contributed by atoms with Crippen LogP contribution in [0.2, 0.25) is 0 Å². The molecule has 0 unspecified atom stereocenters. The van der Waals surface area contributed by atoms with Crippen molar-refractivity contribution in [3.05, 3.63) is 35.6 Å². The molecule has 1 aromatic carbocycles. The van der Waals surface area contributed by atoms with E-state index in [1.807, 2.05) is 0 Å². The summed E-state index contributed by atoms with van der Waals surface area (Å²) in [5.41, 5.74) is 3.39. The highest BCUT2D eigenvalue weighted by atomic mass is 19.1. The summed E-state index contributed by atoms with van der Waals surface area (Å²) in [4.78, 5) is 14.1. The number of hydrazone groups is 1. The number of likely N-dealkylation sites (tertiary alicyclic amines) is 1. The van der Waals surface area contributed by atoms with Gasteiger partial charge in [-0.25, -0.2) is 9.82 Å². The van der Waals surface area contributed by atoms with Crippen LogP contribution in [0.25, 0.3) is 0 Å². The number of piperidine rings is 1. The van der Waals surface area contributed by atoms with Gasteiger partial charge in [0, 0.05) is 18.5 Å². The molecule has 21 heavy (non-hydrogen) atoms. The number of carbonyl (C=O) groups excluding carboxylic acids is 1. The van der Waals surface area contributed by atoms with Crippen LogP contribution < -0.4 is 5.43 Å². The van der Waals surface area contributed by atoms with Gasteiger partial charge >= 0.3 is 0 Å². The molecule has 0 atom stereocenters. The second kappa shape index (κ2) is 7.88. The third-order valence-corrected chi connectivity index (χ3v) is 3.72. The largest absolute Gasteiger partial charge is 0.303 e. The summed E-state index contributed by atoms with van der Waals surface area (Å²) in [5, 5.41) is 3.98. The maximum absolute atomic E-state index is 13.6. The van der Waals surface area contributed by atoms with E-state index in [1.165, 1.54) is 25.3 Å². The van der Waals surface area contributed by atoms with E-state index in [1.54, 1.807) is 25.1 Å². The molecule has 1 saturated heterocycles. The normalized spacial score (nSPS) is 16.8. The van der Waals surface area contributed by atoms with Crippen molar-refractivity contribution in [2.45, 2.75) is 32.6 Å². The number of nitrogens with one attached hydrogen (secondary N) is 1. The number of benzene rings is 1.